The molecule has 0 spiro atoms. The number of nitrogens with one attached hydrogen (secondary N) is 1. The second kappa shape index (κ2) is 7.71. The number of hydrogen-bond donors (Lipinski definition) is 1. The van der Waals surface area contributed by atoms with Gasteiger partial charge in [0.15, 0.2) is 5.82 Å². The Morgan fingerprint density at radius 1 is 1.07 bits per heavy atom. The number of anilines is 4. The fourth-order valence-electron chi connectivity index (χ4n) is 2.53. The van der Waals surface area contributed by atoms with Crippen LogP contribution in [0, 0.1) is 10.5 Å². The van der Waals surface area contributed by atoms with Gasteiger partial charge in [-0.1, -0.05) is 12.1 Å². The highest BCUT2D eigenvalue weighted by Gasteiger charge is 2.36. The highest BCUT2D eigenvalue weighted by Crippen LogP contribution is 2.37. The quantitative estimate of drug-likeness (QED) is 0.467. The summed E-state index contributed by atoms with van der Waals surface area (Å²) in [5.41, 5.74) is 1.43. The summed E-state index contributed by atoms with van der Waals surface area (Å²) >= 11 is 2.14. The summed E-state index contributed by atoms with van der Waals surface area (Å²) in [6.45, 7) is 1.93. The molecule has 2 aromatic carbocycles. The molecule has 0 saturated carbocycles. The first-order valence-electron chi connectivity index (χ1n) is 8.01. The Kier molecular flexibility index (Phi) is 5.54. The highest BCUT2D eigenvalue weighted by atomic mass is 127. The molecular weight excluding hydrogens is 468 g/mol. The van der Waals surface area contributed by atoms with Crippen molar-refractivity contribution in [2.24, 2.45) is 0 Å². The molecule has 3 rings (SSSR count). The minimum atomic E-state index is -4.56. The number of alkyl halides is 3. The van der Waals surface area contributed by atoms with Gasteiger partial charge in [-0.2, -0.15) is 18.2 Å². The maximum Gasteiger partial charge on any atom is 0.421 e. The van der Waals surface area contributed by atoms with Gasteiger partial charge in [-0.3, -0.25) is 0 Å². The molecule has 0 bridgehead atoms. The van der Waals surface area contributed by atoms with Crippen LogP contribution in [0.15, 0.2) is 54.7 Å². The van der Waals surface area contributed by atoms with Gasteiger partial charge in [0.2, 0.25) is 5.95 Å². The van der Waals surface area contributed by atoms with E-state index in [9.17, 15) is 13.2 Å². The third kappa shape index (κ3) is 4.68. The molecule has 0 aliphatic heterocycles. The zero-order chi connectivity index (χ0) is 19.6. The lowest BCUT2D eigenvalue weighted by Gasteiger charge is -2.23. The van der Waals surface area contributed by atoms with E-state index in [4.69, 9.17) is 0 Å². The molecule has 1 aromatic heterocycles. The van der Waals surface area contributed by atoms with Gasteiger partial charge in [0.05, 0.1) is 0 Å². The van der Waals surface area contributed by atoms with Crippen molar-refractivity contribution in [2.45, 2.75) is 13.1 Å². The van der Waals surface area contributed by atoms with E-state index >= 15 is 0 Å². The molecule has 140 valence electrons. The van der Waals surface area contributed by atoms with Gasteiger partial charge in [-0.15, -0.1) is 0 Å². The van der Waals surface area contributed by atoms with Gasteiger partial charge in [-0.05, 0) is 71.5 Å². The summed E-state index contributed by atoms with van der Waals surface area (Å²) < 4.78 is 41.4. The first-order valence-corrected chi connectivity index (χ1v) is 9.09. The van der Waals surface area contributed by atoms with E-state index in [0.717, 1.165) is 15.3 Å². The van der Waals surface area contributed by atoms with E-state index in [1.54, 1.807) is 25.2 Å². The van der Waals surface area contributed by atoms with Crippen molar-refractivity contribution in [3.05, 3.63) is 69.4 Å². The molecule has 27 heavy (non-hydrogen) atoms. The maximum atomic E-state index is 13.5. The Morgan fingerprint density at radius 3 is 2.41 bits per heavy atom. The van der Waals surface area contributed by atoms with Gasteiger partial charge in [0.25, 0.3) is 0 Å². The van der Waals surface area contributed by atoms with Crippen molar-refractivity contribution >= 4 is 45.7 Å². The maximum absolute atomic E-state index is 13.5. The van der Waals surface area contributed by atoms with Crippen molar-refractivity contribution in [1.29, 1.82) is 0 Å². The summed E-state index contributed by atoms with van der Waals surface area (Å²) in [4.78, 5) is 9.40. The van der Waals surface area contributed by atoms with Crippen LogP contribution in [0.1, 0.15) is 11.1 Å². The molecule has 0 saturated heterocycles. The fraction of sp³-hybridized carbons (Fsp3) is 0.158. The van der Waals surface area contributed by atoms with E-state index in [0.29, 0.717) is 11.4 Å². The van der Waals surface area contributed by atoms with Crippen molar-refractivity contribution < 1.29 is 13.2 Å². The predicted octanol–water partition coefficient (Wildman–Crippen LogP) is 5.92. The summed E-state index contributed by atoms with van der Waals surface area (Å²) in [6, 6.07) is 14.6. The number of benzene rings is 2. The summed E-state index contributed by atoms with van der Waals surface area (Å²) in [5, 5.41) is 2.96. The molecule has 0 fully saturated rings. The Hall–Kier alpha value is -2.36. The van der Waals surface area contributed by atoms with Crippen LogP contribution in [-0.2, 0) is 6.18 Å². The number of aryl methyl sites for hydroxylation is 1. The van der Waals surface area contributed by atoms with Gasteiger partial charge >= 0.3 is 6.18 Å². The van der Waals surface area contributed by atoms with E-state index in [2.05, 4.69) is 37.9 Å². The van der Waals surface area contributed by atoms with Gasteiger partial charge in [-0.25, -0.2) is 4.98 Å². The van der Waals surface area contributed by atoms with E-state index in [1.807, 2.05) is 37.3 Å². The minimum absolute atomic E-state index is 0.0981. The predicted molar refractivity (Wildman–Crippen MR) is 109 cm³/mol. The lowest BCUT2D eigenvalue weighted by molar-refractivity contribution is -0.137. The highest BCUT2D eigenvalue weighted by molar-refractivity contribution is 14.1. The van der Waals surface area contributed by atoms with Crippen LogP contribution in [0.5, 0.6) is 0 Å². The molecule has 1 heterocycles. The Labute approximate surface area is 168 Å². The zero-order valence-electron chi connectivity index (χ0n) is 14.5. The largest absolute Gasteiger partial charge is 0.421 e. The first-order chi connectivity index (χ1) is 12.7. The molecule has 0 amide bonds. The van der Waals surface area contributed by atoms with Crippen molar-refractivity contribution in [1.82, 2.24) is 9.97 Å². The van der Waals surface area contributed by atoms with Crippen LogP contribution in [0.2, 0.25) is 0 Å². The molecular formula is C19H16F3IN4. The third-order valence-electron chi connectivity index (χ3n) is 3.88. The monoisotopic (exact) mass is 484 g/mol. The second-order valence-electron chi connectivity index (χ2n) is 5.96. The Morgan fingerprint density at radius 2 is 1.78 bits per heavy atom. The average Bonchev–Trinajstić information content (AvgIpc) is 2.61. The first kappa shape index (κ1) is 19.4. The zero-order valence-corrected chi connectivity index (χ0v) is 16.7. The van der Waals surface area contributed by atoms with Gasteiger partial charge in [0, 0.05) is 28.2 Å². The molecule has 0 unspecified atom stereocenters. The summed E-state index contributed by atoms with van der Waals surface area (Å²) in [6.07, 6.45) is -3.75. The van der Waals surface area contributed by atoms with Crippen LogP contribution in [0.3, 0.4) is 0 Å². The third-order valence-corrected chi connectivity index (χ3v) is 4.60. The number of hydrogen-bond acceptors (Lipinski definition) is 4. The molecule has 1 N–H and O–H groups in total. The van der Waals surface area contributed by atoms with Crippen LogP contribution in [0.25, 0.3) is 0 Å². The average molecular weight is 484 g/mol. The Bertz CT molecular complexity index is 942. The normalized spacial score (nSPS) is 11.3. The summed E-state index contributed by atoms with van der Waals surface area (Å²) in [5.74, 6) is -0.116. The van der Waals surface area contributed by atoms with Crippen molar-refractivity contribution in [2.75, 3.05) is 17.3 Å². The smallest absolute Gasteiger partial charge is 0.329 e. The number of nitrogens with zero attached hydrogens (tertiary/aromatic N) is 3. The van der Waals surface area contributed by atoms with E-state index in [-0.39, 0.29) is 11.8 Å². The van der Waals surface area contributed by atoms with Gasteiger partial charge in [0.1, 0.15) is 5.56 Å². The van der Waals surface area contributed by atoms with Crippen molar-refractivity contribution in [3.8, 4) is 0 Å². The lowest BCUT2D eigenvalue weighted by Crippen LogP contribution is -2.19. The van der Waals surface area contributed by atoms with Crippen LogP contribution < -0.4 is 10.2 Å². The van der Waals surface area contributed by atoms with E-state index in [1.165, 1.54) is 4.90 Å². The fourth-order valence-corrected chi connectivity index (χ4v) is 2.89. The number of aromatic nitrogens is 2. The molecule has 0 atom stereocenters. The Balaban J connectivity index is 2.02. The lowest BCUT2D eigenvalue weighted by atomic mass is 10.2. The molecule has 0 aliphatic rings. The van der Waals surface area contributed by atoms with Crippen LogP contribution >= 0.6 is 22.6 Å². The minimum Gasteiger partial charge on any atom is -0.329 e. The summed E-state index contributed by atoms with van der Waals surface area (Å²) in [7, 11) is 1.55. The molecule has 8 heteroatoms. The van der Waals surface area contributed by atoms with Crippen LogP contribution in [-0.4, -0.2) is 17.0 Å². The SMILES string of the molecule is Cc1cccc(Nc2ncc(C(F)(F)F)c(N(C)c3ccc(I)cc3)n2)c1. The molecule has 3 aromatic rings. The van der Waals surface area contributed by atoms with Crippen LogP contribution in [0.4, 0.5) is 36.3 Å². The number of halogens is 4. The topological polar surface area (TPSA) is 41.1 Å². The molecule has 0 radical (unpaired) electrons. The second-order valence-corrected chi connectivity index (χ2v) is 7.20. The molecule has 4 nitrogen and oxygen atoms in total. The van der Waals surface area contributed by atoms with Gasteiger partial charge < -0.3 is 10.2 Å². The molecule has 0 aliphatic carbocycles. The number of rotatable bonds is 4. The standard InChI is InChI=1S/C19H16F3IN4/c1-12-4-3-5-14(10-12)25-18-24-11-16(19(20,21)22)17(26-18)27(2)15-8-6-13(23)7-9-15/h3-11H,1-2H3,(H,24,25,26). The van der Waals surface area contributed by atoms with Crippen molar-refractivity contribution in [3.63, 3.8) is 0 Å². The van der Waals surface area contributed by atoms with E-state index < -0.39 is 11.7 Å².